The number of nitrogens with one attached hydrogen (secondary N) is 3. The third-order valence-corrected chi connectivity index (χ3v) is 4.96. The number of anilines is 1. The Bertz CT molecular complexity index is 1060. The Kier molecular flexibility index (Phi) is 8.32. The Morgan fingerprint density at radius 1 is 1.24 bits per heavy atom. The quantitative estimate of drug-likeness (QED) is 0.328. The van der Waals surface area contributed by atoms with E-state index in [0.29, 0.717) is 48.1 Å². The van der Waals surface area contributed by atoms with Crippen LogP contribution in [0.5, 0.6) is 0 Å². The lowest BCUT2D eigenvalue weighted by Gasteiger charge is -2.10. The van der Waals surface area contributed by atoms with Gasteiger partial charge in [-0.1, -0.05) is 38.1 Å². The van der Waals surface area contributed by atoms with Gasteiger partial charge in [0.25, 0.3) is 0 Å². The summed E-state index contributed by atoms with van der Waals surface area (Å²) < 4.78 is 38.6. The maximum absolute atomic E-state index is 12.9. The summed E-state index contributed by atoms with van der Waals surface area (Å²) in [6.45, 7) is 8.01. The van der Waals surface area contributed by atoms with Crippen molar-refractivity contribution in [2.24, 2.45) is 0 Å². The van der Waals surface area contributed by atoms with Gasteiger partial charge < -0.3 is 15.6 Å². The molecule has 33 heavy (non-hydrogen) atoms. The minimum atomic E-state index is -4.38. The van der Waals surface area contributed by atoms with Crippen LogP contribution in [0.1, 0.15) is 48.8 Å². The summed E-state index contributed by atoms with van der Waals surface area (Å²) in [6, 6.07) is 5.12. The van der Waals surface area contributed by atoms with Crippen LogP contribution in [0.15, 0.2) is 30.8 Å². The standard InChI is InChI=1S/C21H26ClF3N8/c1-3-4-9-27-19-18(28-20(22)29-19)14(2)26-10-6-11-33-31-17(30-32-33)13-15-7-5-8-16(12-15)21(23,24)25/h5,7-8,12,26-27H,2-4,6,9-11,13H2,1H3,(H,28,29). The molecule has 2 aromatic heterocycles. The SMILES string of the molecule is C=C(NCCCn1nnc(Cc2cccc(C(F)(F)F)c2)n1)c1[nH]c(Cl)nc1NCCCC. The normalized spacial score (nSPS) is 11.5. The van der Waals surface area contributed by atoms with Gasteiger partial charge in [-0.3, -0.25) is 0 Å². The smallest absolute Gasteiger partial charge is 0.384 e. The third-order valence-electron chi connectivity index (χ3n) is 4.78. The van der Waals surface area contributed by atoms with Gasteiger partial charge >= 0.3 is 6.18 Å². The number of H-pyrrole nitrogens is 1. The summed E-state index contributed by atoms with van der Waals surface area (Å²) in [5.41, 5.74) is 1.15. The van der Waals surface area contributed by atoms with E-state index in [0.717, 1.165) is 31.5 Å². The Morgan fingerprint density at radius 3 is 2.82 bits per heavy atom. The first kappa shape index (κ1) is 24.6. The molecule has 0 aliphatic heterocycles. The largest absolute Gasteiger partial charge is 0.416 e. The van der Waals surface area contributed by atoms with Crippen LogP contribution in [-0.4, -0.2) is 43.3 Å². The molecule has 0 unspecified atom stereocenters. The van der Waals surface area contributed by atoms with Crippen LogP contribution in [0, 0.1) is 0 Å². The van der Waals surface area contributed by atoms with Crippen molar-refractivity contribution < 1.29 is 13.2 Å². The second kappa shape index (κ2) is 11.2. The minimum absolute atomic E-state index is 0.174. The lowest BCUT2D eigenvalue weighted by atomic mass is 10.1. The van der Waals surface area contributed by atoms with E-state index in [-0.39, 0.29) is 11.7 Å². The van der Waals surface area contributed by atoms with Crippen molar-refractivity contribution in [2.75, 3.05) is 18.4 Å². The van der Waals surface area contributed by atoms with Crippen molar-refractivity contribution in [2.45, 2.75) is 45.3 Å². The zero-order valence-corrected chi connectivity index (χ0v) is 19.0. The van der Waals surface area contributed by atoms with Gasteiger partial charge in [-0.25, -0.2) is 4.98 Å². The van der Waals surface area contributed by atoms with Crippen molar-refractivity contribution in [1.82, 2.24) is 35.5 Å². The topological polar surface area (TPSA) is 96.3 Å². The van der Waals surface area contributed by atoms with Gasteiger partial charge in [0, 0.05) is 19.5 Å². The molecule has 178 valence electrons. The number of aryl methyl sites for hydroxylation is 1. The monoisotopic (exact) mass is 482 g/mol. The zero-order chi connectivity index (χ0) is 23.8. The van der Waals surface area contributed by atoms with Crippen molar-refractivity contribution >= 4 is 23.1 Å². The van der Waals surface area contributed by atoms with Crippen LogP contribution in [-0.2, 0) is 19.1 Å². The van der Waals surface area contributed by atoms with Gasteiger partial charge in [0.1, 0.15) is 5.69 Å². The van der Waals surface area contributed by atoms with E-state index in [1.165, 1.54) is 10.9 Å². The van der Waals surface area contributed by atoms with Crippen molar-refractivity contribution in [3.8, 4) is 0 Å². The first-order valence-corrected chi connectivity index (χ1v) is 11.0. The number of rotatable bonds is 12. The maximum Gasteiger partial charge on any atom is 0.416 e. The number of aromatic amines is 1. The van der Waals surface area contributed by atoms with E-state index >= 15 is 0 Å². The molecule has 1 aromatic carbocycles. The molecule has 3 N–H and O–H groups in total. The van der Waals surface area contributed by atoms with Crippen LogP contribution in [0.4, 0.5) is 19.0 Å². The molecule has 0 bridgehead atoms. The molecule has 3 rings (SSSR count). The molecule has 3 aromatic rings. The Hall–Kier alpha value is -3.08. The molecule has 2 heterocycles. The predicted molar refractivity (Wildman–Crippen MR) is 121 cm³/mol. The number of imidazole rings is 1. The number of benzene rings is 1. The molecule has 0 fully saturated rings. The second-order valence-corrected chi connectivity index (χ2v) is 7.82. The van der Waals surface area contributed by atoms with Gasteiger partial charge in [-0.2, -0.15) is 18.0 Å². The number of hydrogen-bond acceptors (Lipinski definition) is 6. The molecule has 0 aliphatic carbocycles. The van der Waals surface area contributed by atoms with E-state index in [1.807, 2.05) is 0 Å². The van der Waals surface area contributed by atoms with E-state index < -0.39 is 11.7 Å². The van der Waals surface area contributed by atoms with Gasteiger partial charge in [-0.15, -0.1) is 10.2 Å². The molecular weight excluding hydrogens is 457 g/mol. The summed E-state index contributed by atoms with van der Waals surface area (Å²) in [6.07, 6.45) is -1.44. The van der Waals surface area contributed by atoms with Crippen molar-refractivity contribution in [3.05, 3.63) is 58.8 Å². The van der Waals surface area contributed by atoms with Crippen LogP contribution >= 0.6 is 11.6 Å². The average Bonchev–Trinajstić information content (AvgIpc) is 3.37. The molecule has 0 amide bonds. The molecule has 0 spiro atoms. The highest BCUT2D eigenvalue weighted by Crippen LogP contribution is 2.29. The van der Waals surface area contributed by atoms with Crippen LogP contribution < -0.4 is 10.6 Å². The number of nitrogens with zero attached hydrogens (tertiary/aromatic N) is 5. The van der Waals surface area contributed by atoms with E-state index in [1.54, 1.807) is 6.07 Å². The molecule has 8 nitrogen and oxygen atoms in total. The van der Waals surface area contributed by atoms with E-state index in [2.05, 4.69) is 49.5 Å². The fraction of sp³-hybridized carbons (Fsp3) is 0.429. The first-order valence-electron chi connectivity index (χ1n) is 10.6. The Balaban J connectivity index is 1.47. The summed E-state index contributed by atoms with van der Waals surface area (Å²) in [5, 5.41) is 18.9. The molecule has 12 heteroatoms. The van der Waals surface area contributed by atoms with Crippen LogP contribution in [0.3, 0.4) is 0 Å². The average molecular weight is 483 g/mol. The molecule has 0 saturated heterocycles. The number of tetrazole rings is 1. The first-order chi connectivity index (χ1) is 15.8. The third kappa shape index (κ3) is 7.21. The molecular formula is C21H26ClF3N8. The maximum atomic E-state index is 12.9. The van der Waals surface area contributed by atoms with Crippen molar-refractivity contribution in [1.29, 1.82) is 0 Å². The zero-order valence-electron chi connectivity index (χ0n) is 18.2. The summed E-state index contributed by atoms with van der Waals surface area (Å²) in [5.74, 6) is 1.02. The summed E-state index contributed by atoms with van der Waals surface area (Å²) >= 11 is 6.00. The van der Waals surface area contributed by atoms with Gasteiger partial charge in [-0.05, 0) is 41.3 Å². The lowest BCUT2D eigenvalue weighted by molar-refractivity contribution is -0.137. The number of hydrogen-bond donors (Lipinski definition) is 3. The molecule has 0 radical (unpaired) electrons. The highest BCUT2D eigenvalue weighted by molar-refractivity contribution is 6.28. The van der Waals surface area contributed by atoms with Crippen LogP contribution in [0.25, 0.3) is 5.70 Å². The molecule has 0 saturated carbocycles. The fourth-order valence-corrected chi connectivity index (χ4v) is 3.28. The Morgan fingerprint density at radius 2 is 2.06 bits per heavy atom. The minimum Gasteiger partial charge on any atom is -0.384 e. The second-order valence-electron chi connectivity index (χ2n) is 7.47. The molecule has 0 aliphatic rings. The van der Waals surface area contributed by atoms with E-state index in [9.17, 15) is 13.2 Å². The predicted octanol–water partition coefficient (Wildman–Crippen LogP) is 4.52. The van der Waals surface area contributed by atoms with Gasteiger partial charge in [0.2, 0.25) is 5.28 Å². The number of unbranched alkanes of at least 4 members (excludes halogenated alkanes) is 1. The molecule has 0 atom stereocenters. The fourth-order valence-electron chi connectivity index (χ4n) is 3.10. The van der Waals surface area contributed by atoms with Crippen LogP contribution in [0.2, 0.25) is 5.28 Å². The van der Waals surface area contributed by atoms with Crippen molar-refractivity contribution in [3.63, 3.8) is 0 Å². The highest BCUT2D eigenvalue weighted by atomic mass is 35.5. The van der Waals surface area contributed by atoms with Gasteiger partial charge in [0.15, 0.2) is 11.6 Å². The lowest BCUT2D eigenvalue weighted by Crippen LogP contribution is -2.17. The highest BCUT2D eigenvalue weighted by Gasteiger charge is 2.30. The number of aromatic nitrogens is 6. The summed E-state index contributed by atoms with van der Waals surface area (Å²) in [4.78, 5) is 8.66. The van der Waals surface area contributed by atoms with Gasteiger partial charge in [0.05, 0.1) is 17.8 Å². The Labute approximate surface area is 194 Å². The van der Waals surface area contributed by atoms with E-state index in [4.69, 9.17) is 11.6 Å². The number of halogens is 4. The summed E-state index contributed by atoms with van der Waals surface area (Å²) in [7, 11) is 0. The number of alkyl halides is 3.